The van der Waals surface area contributed by atoms with Crippen molar-refractivity contribution >= 4 is 17.6 Å². The molecule has 4 rings (SSSR count). The van der Waals surface area contributed by atoms with Gasteiger partial charge in [-0.2, -0.15) is 0 Å². The Kier molecular flexibility index (Phi) is 18.1. The third-order valence-electron chi connectivity index (χ3n) is 14.1. The number of ketones is 1. The number of nitrogens with one attached hydrogen (secondary N) is 2. The van der Waals surface area contributed by atoms with Gasteiger partial charge in [0.2, 0.25) is 0 Å². The lowest BCUT2D eigenvalue weighted by molar-refractivity contribution is -0.118. The summed E-state index contributed by atoms with van der Waals surface area (Å²) in [5.74, 6) is -3.02. The first-order valence-corrected chi connectivity index (χ1v) is 22.2. The second-order valence-corrected chi connectivity index (χ2v) is 18.5. The molecule has 61 heavy (non-hydrogen) atoms. The quantitative estimate of drug-likeness (QED) is 0.0223. The zero-order chi connectivity index (χ0) is 45.3. The molecular weight excluding hydrogens is 781 g/mol. The van der Waals surface area contributed by atoms with Crippen LogP contribution >= 0.6 is 0 Å². The third kappa shape index (κ3) is 12.3. The number of carbonyl (C=O) groups is 2. The van der Waals surface area contributed by atoms with Crippen LogP contribution in [0.3, 0.4) is 0 Å². The number of aliphatic hydroxyl groups excluding tert-OH is 8. The summed E-state index contributed by atoms with van der Waals surface area (Å²) < 4.78 is 0. The minimum atomic E-state index is -1.08. The molecule has 2 aliphatic carbocycles. The van der Waals surface area contributed by atoms with Crippen molar-refractivity contribution in [3.63, 3.8) is 0 Å². The summed E-state index contributed by atoms with van der Waals surface area (Å²) in [7, 11) is 0. The van der Waals surface area contributed by atoms with Gasteiger partial charge in [0.15, 0.2) is 11.7 Å². The van der Waals surface area contributed by atoms with E-state index in [0.29, 0.717) is 44.1 Å². The molecule has 1 saturated carbocycles. The van der Waals surface area contributed by atoms with Gasteiger partial charge in [0, 0.05) is 29.8 Å². The van der Waals surface area contributed by atoms with Crippen LogP contribution in [0.1, 0.15) is 106 Å². The van der Waals surface area contributed by atoms with Gasteiger partial charge in [-0.25, -0.2) is 0 Å². The number of aliphatic hydroxyl groups is 8. The molecule has 4 aliphatic rings. The zero-order valence-electron chi connectivity index (χ0n) is 37.0. The molecule has 0 aromatic carbocycles. The number of hydrogen-bond donors (Lipinski definition) is 11. The maximum atomic E-state index is 12.8. The van der Waals surface area contributed by atoms with Gasteiger partial charge in [0.25, 0.3) is 5.91 Å². The van der Waals surface area contributed by atoms with Gasteiger partial charge in [-0.3, -0.25) is 15.0 Å². The van der Waals surface area contributed by atoms with E-state index in [9.17, 15) is 50.4 Å². The van der Waals surface area contributed by atoms with Crippen LogP contribution in [-0.2, 0) is 9.59 Å². The van der Waals surface area contributed by atoms with E-state index in [2.05, 4.69) is 5.32 Å². The highest BCUT2D eigenvalue weighted by atomic mass is 16.3. The number of allylic oxidation sites excluding steroid dienone is 2. The highest BCUT2D eigenvalue weighted by molar-refractivity contribution is 6.25. The van der Waals surface area contributed by atoms with Gasteiger partial charge in [0.1, 0.15) is 11.3 Å². The smallest absolute Gasteiger partial charge is 0.258 e. The first kappa shape index (κ1) is 50.0. The monoisotopic (exact) mass is 855 g/mol. The molecule has 14 heteroatoms. The first-order valence-electron chi connectivity index (χ1n) is 22.2. The van der Waals surface area contributed by atoms with E-state index in [1.54, 1.807) is 44.2 Å². The lowest BCUT2D eigenvalue weighted by Crippen LogP contribution is -2.53. The first-order chi connectivity index (χ1) is 28.7. The molecule has 2 saturated heterocycles. The van der Waals surface area contributed by atoms with Crippen molar-refractivity contribution in [2.45, 2.75) is 155 Å². The van der Waals surface area contributed by atoms with Crippen molar-refractivity contribution in [1.82, 2.24) is 10.2 Å². The van der Waals surface area contributed by atoms with Crippen molar-refractivity contribution in [3.05, 3.63) is 70.6 Å². The van der Waals surface area contributed by atoms with E-state index >= 15 is 0 Å². The molecule has 2 aliphatic heterocycles. The Hall–Kier alpha value is -3.63. The van der Waals surface area contributed by atoms with E-state index < -0.39 is 65.8 Å². The standard InChI is InChI=1S/C47H74N4O10/c1-26(37(54)10-7-11-38(55)27(2)13-18-33(53)24-31-9-8-22-51(31)46(48)49)12-16-32(52)17-14-28(3)42(58)29(4)15-19-35-30(5)23-34-36(20-21-39(56)43(34)59)47(35,6)44(60)41-40(57)25-50-45(41)61/h7,10,12-14,16,23,26,29,31-39,42-43,52-56,58-60H,8-9,11,15,17-22,24-25H2,1-6H3,(H3,48,49)(H,50,61)/b10-7+,16-12+,27-13+,28-14+,44-41-. The average molecular weight is 855 g/mol. The van der Waals surface area contributed by atoms with Gasteiger partial charge in [-0.1, -0.05) is 68.9 Å². The molecule has 0 spiro atoms. The van der Waals surface area contributed by atoms with Gasteiger partial charge >= 0.3 is 0 Å². The number of guanidine groups is 1. The van der Waals surface area contributed by atoms with E-state index in [1.807, 2.05) is 44.7 Å². The Balaban J connectivity index is 1.28. The lowest BCUT2D eigenvalue weighted by Gasteiger charge is -2.54. The molecule has 3 fully saturated rings. The summed E-state index contributed by atoms with van der Waals surface area (Å²) in [4.78, 5) is 27.3. The Bertz CT molecular complexity index is 1720. The number of fused-ring (bicyclic) bond motifs is 1. The van der Waals surface area contributed by atoms with Crippen LogP contribution < -0.4 is 11.1 Å². The summed E-state index contributed by atoms with van der Waals surface area (Å²) >= 11 is 0. The van der Waals surface area contributed by atoms with Gasteiger partial charge in [0.05, 0.1) is 49.3 Å². The summed E-state index contributed by atoms with van der Waals surface area (Å²) in [6.45, 7) is 11.6. The number of hydrogen-bond acceptors (Lipinski definition) is 11. The number of amides is 1. The van der Waals surface area contributed by atoms with Gasteiger partial charge in [-0.05, 0) is 114 Å². The molecule has 1 amide bonds. The number of carbonyl (C=O) groups excluding carboxylic acids is 2. The Morgan fingerprint density at radius 1 is 1.00 bits per heavy atom. The number of likely N-dealkylation sites (tertiary alicyclic amines) is 1. The van der Waals surface area contributed by atoms with Crippen molar-refractivity contribution in [2.24, 2.45) is 40.7 Å². The Morgan fingerprint density at radius 2 is 1.69 bits per heavy atom. The normalized spacial score (nSPS) is 32.0. The van der Waals surface area contributed by atoms with Crippen LogP contribution in [0.15, 0.2) is 70.6 Å². The van der Waals surface area contributed by atoms with Crippen LogP contribution in [0.2, 0.25) is 0 Å². The number of nitrogens with zero attached hydrogens (tertiary/aromatic N) is 1. The van der Waals surface area contributed by atoms with E-state index in [1.165, 1.54) is 0 Å². The van der Waals surface area contributed by atoms with Crippen LogP contribution in [0.5, 0.6) is 0 Å². The molecule has 0 radical (unpaired) electrons. The number of nitrogens with two attached hydrogens (primary N) is 1. The molecule has 12 N–H and O–H groups in total. The fraction of sp³-hybridized carbons (Fsp3) is 0.681. The molecule has 0 aromatic rings. The van der Waals surface area contributed by atoms with Crippen molar-refractivity contribution in [1.29, 1.82) is 5.41 Å². The minimum Gasteiger partial charge on any atom is -0.511 e. The molecular formula is C47H74N4O10. The predicted octanol–water partition coefficient (Wildman–Crippen LogP) is 3.61. The van der Waals surface area contributed by atoms with Crippen molar-refractivity contribution in [3.8, 4) is 0 Å². The SMILES string of the molecule is CC1=CC2C(O)C(O)CCC2C(C)(/C(O)=C2\C(=O)CNC2=O)C1CCC(C)C(O)/C(C)=C/CC(O)/C=C/C(C)C(O)/C=C/CC(O)/C(C)=C/CC(O)CC1CCCN1C(=N)N. The van der Waals surface area contributed by atoms with Crippen LogP contribution in [-0.4, -0.2) is 125 Å². The number of Topliss-reactive ketones (excluding diaryl/α,β-unsaturated/α-hetero) is 1. The summed E-state index contributed by atoms with van der Waals surface area (Å²) in [5.41, 5.74) is 6.61. The number of rotatable bonds is 19. The fourth-order valence-corrected chi connectivity index (χ4v) is 10.0. The Morgan fingerprint density at radius 3 is 2.34 bits per heavy atom. The summed E-state index contributed by atoms with van der Waals surface area (Å²) in [5, 5.41) is 97.4. The van der Waals surface area contributed by atoms with Crippen LogP contribution in [0.25, 0.3) is 0 Å². The maximum absolute atomic E-state index is 12.8. The van der Waals surface area contributed by atoms with Crippen molar-refractivity contribution < 1.29 is 50.4 Å². The second kappa shape index (κ2) is 22.1. The topological polar surface area (TPSA) is 261 Å². The van der Waals surface area contributed by atoms with Crippen LogP contribution in [0.4, 0.5) is 0 Å². The summed E-state index contributed by atoms with van der Waals surface area (Å²) in [6.07, 6.45) is 11.4. The van der Waals surface area contributed by atoms with Crippen LogP contribution in [0, 0.1) is 40.4 Å². The largest absolute Gasteiger partial charge is 0.511 e. The van der Waals surface area contributed by atoms with E-state index in [4.69, 9.17) is 11.1 Å². The summed E-state index contributed by atoms with van der Waals surface area (Å²) in [6, 6.07) is 0.0491. The second-order valence-electron chi connectivity index (χ2n) is 18.5. The highest BCUT2D eigenvalue weighted by Crippen LogP contribution is 2.58. The highest BCUT2D eigenvalue weighted by Gasteiger charge is 2.56. The van der Waals surface area contributed by atoms with Crippen molar-refractivity contribution in [2.75, 3.05) is 13.1 Å². The average Bonchev–Trinajstić information content (AvgIpc) is 3.83. The molecule has 14 nitrogen and oxygen atoms in total. The molecule has 342 valence electrons. The molecule has 0 bridgehead atoms. The maximum Gasteiger partial charge on any atom is 0.258 e. The molecule has 14 atom stereocenters. The molecule has 0 aromatic heterocycles. The minimum absolute atomic E-state index is 0.0283. The molecule has 2 heterocycles. The molecule has 14 unspecified atom stereocenters. The van der Waals surface area contributed by atoms with E-state index in [-0.39, 0.29) is 66.4 Å². The predicted molar refractivity (Wildman–Crippen MR) is 235 cm³/mol. The van der Waals surface area contributed by atoms with Gasteiger partial charge < -0.3 is 56.8 Å². The Labute approximate surface area is 361 Å². The van der Waals surface area contributed by atoms with E-state index in [0.717, 1.165) is 30.5 Å². The zero-order valence-corrected chi connectivity index (χ0v) is 37.0. The fourth-order valence-electron chi connectivity index (χ4n) is 10.0. The lowest BCUT2D eigenvalue weighted by atomic mass is 9.51. The van der Waals surface area contributed by atoms with Gasteiger partial charge in [-0.15, -0.1) is 0 Å². The third-order valence-corrected chi connectivity index (χ3v) is 14.1.